The number of carbonyl (C=O) groups is 3. The van der Waals surface area contributed by atoms with E-state index in [1.165, 1.54) is 161 Å². The highest BCUT2D eigenvalue weighted by Gasteiger charge is 2.19. The quantitative estimate of drug-likeness (QED) is 0.0349. The molecule has 0 spiro atoms. The third kappa shape index (κ3) is 41.6. The van der Waals surface area contributed by atoms with Gasteiger partial charge in [0.25, 0.3) is 0 Å². The average Bonchev–Trinajstić information content (AvgIpc) is 3.15. The van der Waals surface area contributed by atoms with Crippen molar-refractivity contribution in [2.45, 2.75) is 271 Å². The van der Waals surface area contributed by atoms with Gasteiger partial charge in [0, 0.05) is 19.3 Å². The lowest BCUT2D eigenvalue weighted by Gasteiger charge is -2.18. The van der Waals surface area contributed by atoms with Gasteiger partial charge in [-0.15, -0.1) is 0 Å². The van der Waals surface area contributed by atoms with E-state index >= 15 is 0 Å². The van der Waals surface area contributed by atoms with E-state index in [9.17, 15) is 14.4 Å². The lowest BCUT2D eigenvalue weighted by molar-refractivity contribution is -0.167. The van der Waals surface area contributed by atoms with Crippen molar-refractivity contribution < 1.29 is 28.6 Å². The van der Waals surface area contributed by atoms with E-state index in [-0.39, 0.29) is 31.1 Å². The van der Waals surface area contributed by atoms with Crippen LogP contribution in [0.15, 0.2) is 0 Å². The highest BCUT2D eigenvalue weighted by atomic mass is 16.6. The van der Waals surface area contributed by atoms with Crippen molar-refractivity contribution in [1.82, 2.24) is 0 Å². The molecule has 0 aliphatic carbocycles. The highest BCUT2D eigenvalue weighted by molar-refractivity contribution is 5.71. The van der Waals surface area contributed by atoms with Gasteiger partial charge in [-0.05, 0) is 25.2 Å². The molecule has 0 unspecified atom stereocenters. The molecule has 0 saturated carbocycles. The lowest BCUT2D eigenvalue weighted by Crippen LogP contribution is -2.30. The molecule has 1 atom stereocenters. The molecule has 0 amide bonds. The molecule has 0 aliphatic rings. The number of hydrogen-bond acceptors (Lipinski definition) is 6. The molecule has 0 heterocycles. The Morgan fingerprint density at radius 1 is 0.352 bits per heavy atom. The van der Waals surface area contributed by atoms with Crippen LogP contribution in [-0.4, -0.2) is 37.2 Å². The highest BCUT2D eigenvalue weighted by Crippen LogP contribution is 2.16. The largest absolute Gasteiger partial charge is 0.462 e. The van der Waals surface area contributed by atoms with Gasteiger partial charge < -0.3 is 14.2 Å². The molecule has 320 valence electrons. The number of carbonyl (C=O) groups excluding carboxylic acids is 3. The van der Waals surface area contributed by atoms with Gasteiger partial charge in [0.2, 0.25) is 0 Å². The summed E-state index contributed by atoms with van der Waals surface area (Å²) >= 11 is 0. The van der Waals surface area contributed by atoms with Crippen LogP contribution in [0.25, 0.3) is 0 Å². The van der Waals surface area contributed by atoms with E-state index in [0.717, 1.165) is 63.7 Å². The van der Waals surface area contributed by atoms with Crippen LogP contribution in [0.4, 0.5) is 0 Å². The molecule has 6 nitrogen and oxygen atoms in total. The van der Waals surface area contributed by atoms with Crippen LogP contribution in [0.5, 0.6) is 0 Å². The Morgan fingerprint density at radius 3 is 0.907 bits per heavy atom. The van der Waals surface area contributed by atoms with Gasteiger partial charge in [0.1, 0.15) is 13.2 Å². The summed E-state index contributed by atoms with van der Waals surface area (Å²) in [5.74, 6) is -0.0269. The van der Waals surface area contributed by atoms with Crippen LogP contribution in [0.3, 0.4) is 0 Å². The molecule has 0 rings (SSSR count). The molecule has 0 saturated heterocycles. The molecule has 0 aromatic heterocycles. The smallest absolute Gasteiger partial charge is 0.306 e. The summed E-state index contributed by atoms with van der Waals surface area (Å²) in [7, 11) is 0. The summed E-state index contributed by atoms with van der Waals surface area (Å²) in [6.45, 7) is 8.99. The fourth-order valence-electron chi connectivity index (χ4n) is 7.16. The minimum absolute atomic E-state index is 0.0634. The van der Waals surface area contributed by atoms with Crippen LogP contribution >= 0.6 is 0 Å². The first-order valence-corrected chi connectivity index (χ1v) is 23.9. The summed E-state index contributed by atoms with van der Waals surface area (Å²) in [5, 5.41) is 0. The summed E-state index contributed by atoms with van der Waals surface area (Å²) < 4.78 is 16.7. The van der Waals surface area contributed by atoms with E-state index < -0.39 is 6.10 Å². The summed E-state index contributed by atoms with van der Waals surface area (Å²) in [4.78, 5) is 37.7. The maximum atomic E-state index is 12.7. The van der Waals surface area contributed by atoms with Gasteiger partial charge in [-0.1, -0.05) is 227 Å². The first-order valence-electron chi connectivity index (χ1n) is 23.9. The normalized spacial score (nSPS) is 11.9. The first-order chi connectivity index (χ1) is 26.4. The molecule has 6 heteroatoms. The second-order valence-electron chi connectivity index (χ2n) is 16.9. The van der Waals surface area contributed by atoms with E-state index in [1.807, 2.05) is 0 Å². The third-order valence-corrected chi connectivity index (χ3v) is 10.8. The zero-order valence-corrected chi connectivity index (χ0v) is 36.7. The molecule has 0 bridgehead atoms. The SMILES string of the molecule is CCCCCCCCCCCCCCC(=O)OC[C@@H](COC(=O)CCCCCCCCCCCC)OC(=O)CCCCCCCCCCCCCC(C)C. The maximum absolute atomic E-state index is 12.7. The second-order valence-corrected chi connectivity index (χ2v) is 16.9. The molecule has 0 aliphatic heterocycles. The summed E-state index contributed by atoms with van der Waals surface area (Å²) in [6.07, 6.45) is 42.2. The summed E-state index contributed by atoms with van der Waals surface area (Å²) in [5.41, 5.74) is 0. The predicted molar refractivity (Wildman–Crippen MR) is 229 cm³/mol. The number of hydrogen-bond donors (Lipinski definition) is 0. The number of esters is 3. The standard InChI is InChI=1S/C48H92O6/c1-5-7-9-11-13-15-17-20-24-28-32-36-40-47(50)53-43-45(42-52-46(49)39-35-31-27-23-16-14-12-10-8-6-2)54-48(51)41-37-33-29-25-21-18-19-22-26-30-34-38-44(3)4/h44-45H,5-43H2,1-4H3/t45-/m1/s1. The Labute approximate surface area is 336 Å². The van der Waals surface area contributed by atoms with Crippen LogP contribution in [-0.2, 0) is 28.6 Å². The minimum atomic E-state index is -0.759. The molecular formula is C48H92O6. The average molecular weight is 765 g/mol. The monoisotopic (exact) mass is 765 g/mol. The Bertz CT molecular complexity index is 811. The van der Waals surface area contributed by atoms with E-state index in [0.29, 0.717) is 19.3 Å². The Balaban J connectivity index is 4.32. The Hall–Kier alpha value is -1.59. The molecule has 54 heavy (non-hydrogen) atoms. The third-order valence-electron chi connectivity index (χ3n) is 10.8. The van der Waals surface area contributed by atoms with Gasteiger partial charge in [-0.3, -0.25) is 14.4 Å². The van der Waals surface area contributed by atoms with Crippen molar-refractivity contribution in [2.24, 2.45) is 5.92 Å². The molecule has 0 N–H and O–H groups in total. The predicted octanol–water partition coefficient (Wildman–Crippen LogP) is 15.1. The van der Waals surface area contributed by atoms with E-state index in [4.69, 9.17) is 14.2 Å². The topological polar surface area (TPSA) is 78.9 Å². The number of ether oxygens (including phenoxy) is 3. The zero-order chi connectivity index (χ0) is 39.6. The van der Waals surface area contributed by atoms with Crippen molar-refractivity contribution in [2.75, 3.05) is 13.2 Å². The maximum Gasteiger partial charge on any atom is 0.306 e. The van der Waals surface area contributed by atoms with Crippen LogP contribution in [0, 0.1) is 5.92 Å². The fourth-order valence-corrected chi connectivity index (χ4v) is 7.16. The Morgan fingerprint density at radius 2 is 0.611 bits per heavy atom. The number of unbranched alkanes of at least 4 members (excludes halogenated alkanes) is 30. The van der Waals surface area contributed by atoms with Crippen molar-refractivity contribution in [3.05, 3.63) is 0 Å². The van der Waals surface area contributed by atoms with Crippen molar-refractivity contribution in [1.29, 1.82) is 0 Å². The second kappa shape index (κ2) is 42.6. The van der Waals surface area contributed by atoms with Gasteiger partial charge in [-0.2, -0.15) is 0 Å². The van der Waals surface area contributed by atoms with Gasteiger partial charge in [0.05, 0.1) is 0 Å². The lowest BCUT2D eigenvalue weighted by atomic mass is 10.0. The summed E-state index contributed by atoms with van der Waals surface area (Å²) in [6, 6.07) is 0. The molecule has 0 radical (unpaired) electrons. The van der Waals surface area contributed by atoms with Crippen LogP contribution in [0.2, 0.25) is 0 Å². The molecular weight excluding hydrogens is 673 g/mol. The van der Waals surface area contributed by atoms with Gasteiger partial charge in [-0.25, -0.2) is 0 Å². The van der Waals surface area contributed by atoms with Crippen molar-refractivity contribution in [3.8, 4) is 0 Å². The van der Waals surface area contributed by atoms with Gasteiger partial charge in [0.15, 0.2) is 6.10 Å². The fraction of sp³-hybridized carbons (Fsp3) is 0.938. The molecule has 0 aromatic rings. The zero-order valence-electron chi connectivity index (χ0n) is 36.7. The van der Waals surface area contributed by atoms with Crippen LogP contribution in [0.1, 0.15) is 265 Å². The van der Waals surface area contributed by atoms with E-state index in [1.54, 1.807) is 0 Å². The number of rotatable bonds is 43. The van der Waals surface area contributed by atoms with Crippen molar-refractivity contribution >= 4 is 17.9 Å². The van der Waals surface area contributed by atoms with E-state index in [2.05, 4.69) is 27.7 Å². The molecule has 0 aromatic carbocycles. The Kier molecular flexibility index (Phi) is 41.3. The van der Waals surface area contributed by atoms with Crippen molar-refractivity contribution in [3.63, 3.8) is 0 Å². The van der Waals surface area contributed by atoms with Gasteiger partial charge >= 0.3 is 17.9 Å². The first kappa shape index (κ1) is 52.4. The minimum Gasteiger partial charge on any atom is -0.462 e. The molecule has 0 fully saturated rings. The van der Waals surface area contributed by atoms with Crippen LogP contribution < -0.4 is 0 Å².